The minimum atomic E-state index is -0.365. The van der Waals surface area contributed by atoms with Crippen LogP contribution < -0.4 is 15.2 Å². The van der Waals surface area contributed by atoms with Crippen LogP contribution in [0.25, 0.3) is 0 Å². The molecule has 7 nitrogen and oxygen atoms in total. The maximum absolute atomic E-state index is 13.1. The summed E-state index contributed by atoms with van der Waals surface area (Å²) in [7, 11) is 3.08. The Morgan fingerprint density at radius 2 is 1.83 bits per heavy atom. The van der Waals surface area contributed by atoms with Crippen molar-refractivity contribution in [1.29, 1.82) is 0 Å². The lowest BCUT2D eigenvalue weighted by molar-refractivity contribution is -0.109. The molecule has 0 fully saturated rings. The monoisotopic (exact) mass is 411 g/mol. The Balaban J connectivity index is 1.96. The van der Waals surface area contributed by atoms with Gasteiger partial charge in [0.25, 0.3) is 5.91 Å². The highest BCUT2D eigenvalue weighted by molar-refractivity contribution is 8.14. The Morgan fingerprint density at radius 1 is 1.10 bits per heavy atom. The normalized spacial score (nSPS) is 22.9. The molecular weight excluding hydrogens is 390 g/mol. The van der Waals surface area contributed by atoms with Crippen molar-refractivity contribution in [3.8, 4) is 5.75 Å². The summed E-state index contributed by atoms with van der Waals surface area (Å²) in [6.07, 6.45) is 5.14. The standard InChI is InChI=1S/C21H21N3O4S/c1-13(25)29-16-9-10-17-22(2)21(27)19-20(28-3)15(26)11-12-23(19)24(17)18(16)14-7-5-4-6-8-14/h4-12,16-18H,1-3H3/t16-,17-,18+/m0/s1. The molecule has 29 heavy (non-hydrogen) atoms. The second kappa shape index (κ2) is 7.44. The van der Waals surface area contributed by atoms with Gasteiger partial charge in [-0.15, -0.1) is 0 Å². The first-order chi connectivity index (χ1) is 13.9. The van der Waals surface area contributed by atoms with E-state index >= 15 is 0 Å². The number of amides is 1. The van der Waals surface area contributed by atoms with E-state index in [0.29, 0.717) is 0 Å². The first kappa shape index (κ1) is 19.3. The minimum Gasteiger partial charge on any atom is -0.491 e. The van der Waals surface area contributed by atoms with Gasteiger partial charge in [0, 0.05) is 26.2 Å². The number of hydrogen-bond acceptors (Lipinski definition) is 6. The van der Waals surface area contributed by atoms with Crippen LogP contribution in [-0.2, 0) is 4.79 Å². The summed E-state index contributed by atoms with van der Waals surface area (Å²) in [6.45, 7) is 1.55. The van der Waals surface area contributed by atoms with Gasteiger partial charge in [0.1, 0.15) is 6.17 Å². The highest BCUT2D eigenvalue weighted by Crippen LogP contribution is 2.40. The number of likely N-dealkylation sites (N-methyl/N-ethyl adjacent to an activating group) is 1. The lowest BCUT2D eigenvalue weighted by Crippen LogP contribution is -2.63. The van der Waals surface area contributed by atoms with E-state index in [0.717, 1.165) is 5.56 Å². The van der Waals surface area contributed by atoms with Crippen LogP contribution in [0.15, 0.2) is 59.5 Å². The third-order valence-corrected chi connectivity index (χ3v) is 6.21. The summed E-state index contributed by atoms with van der Waals surface area (Å²) >= 11 is 1.25. The number of pyridine rings is 1. The Bertz CT molecular complexity index is 1050. The molecule has 3 heterocycles. The van der Waals surface area contributed by atoms with Crippen LogP contribution in [0.2, 0.25) is 0 Å². The molecule has 0 radical (unpaired) electrons. The van der Waals surface area contributed by atoms with Crippen LogP contribution in [0.1, 0.15) is 29.0 Å². The van der Waals surface area contributed by atoms with E-state index in [1.54, 1.807) is 29.7 Å². The smallest absolute Gasteiger partial charge is 0.278 e. The molecule has 0 N–H and O–H groups in total. The largest absolute Gasteiger partial charge is 0.491 e. The van der Waals surface area contributed by atoms with Gasteiger partial charge in [-0.1, -0.05) is 48.2 Å². The number of methoxy groups -OCH3 is 1. The summed E-state index contributed by atoms with van der Waals surface area (Å²) in [5, 5.41) is 1.87. The number of benzene rings is 1. The molecule has 1 amide bonds. The molecule has 2 aliphatic heterocycles. The average Bonchev–Trinajstić information content (AvgIpc) is 2.71. The number of carbonyl (C=O) groups is 2. The van der Waals surface area contributed by atoms with Crippen LogP contribution >= 0.6 is 11.8 Å². The van der Waals surface area contributed by atoms with Crippen molar-refractivity contribution in [3.05, 3.63) is 76.2 Å². The van der Waals surface area contributed by atoms with E-state index in [1.165, 1.54) is 24.9 Å². The summed E-state index contributed by atoms with van der Waals surface area (Å²) in [5.41, 5.74) is 0.839. The van der Waals surface area contributed by atoms with Crippen LogP contribution in [-0.4, -0.2) is 46.2 Å². The number of nitrogens with zero attached hydrogens (tertiary/aromatic N) is 3. The lowest BCUT2D eigenvalue weighted by Gasteiger charge is -2.51. The fraction of sp³-hybridized carbons (Fsp3) is 0.286. The molecule has 150 valence electrons. The van der Waals surface area contributed by atoms with Crippen LogP contribution in [0, 0.1) is 0 Å². The van der Waals surface area contributed by atoms with Gasteiger partial charge in [-0.3, -0.25) is 24.1 Å². The van der Waals surface area contributed by atoms with Gasteiger partial charge in [0.15, 0.2) is 16.6 Å². The van der Waals surface area contributed by atoms with Gasteiger partial charge in [-0.05, 0) is 11.6 Å². The molecule has 0 bridgehead atoms. The number of ether oxygens (including phenoxy) is 1. The molecule has 0 unspecified atom stereocenters. The number of carbonyl (C=O) groups excluding carboxylic acids is 2. The summed E-state index contributed by atoms with van der Waals surface area (Å²) in [4.78, 5) is 38.9. The third kappa shape index (κ3) is 3.13. The second-order valence-corrected chi connectivity index (χ2v) is 8.29. The first-order valence-corrected chi connectivity index (χ1v) is 10.1. The zero-order chi connectivity index (χ0) is 20.7. The number of fused-ring (bicyclic) bond motifs is 3. The highest BCUT2D eigenvalue weighted by Gasteiger charge is 2.44. The zero-order valence-electron chi connectivity index (χ0n) is 16.3. The highest BCUT2D eigenvalue weighted by atomic mass is 32.2. The number of thioether (sulfide) groups is 1. The second-order valence-electron chi connectivity index (χ2n) is 6.93. The molecular formula is C21H21N3O4S. The maximum atomic E-state index is 13.1. The van der Waals surface area contributed by atoms with E-state index in [4.69, 9.17) is 4.74 Å². The Kier molecular flexibility index (Phi) is 4.96. The summed E-state index contributed by atoms with van der Waals surface area (Å²) in [6, 6.07) is 11.0. The lowest BCUT2D eigenvalue weighted by atomic mass is 9.97. The topological polar surface area (TPSA) is 71.8 Å². The molecule has 0 aliphatic carbocycles. The predicted molar refractivity (Wildman–Crippen MR) is 112 cm³/mol. The number of rotatable bonds is 3. The minimum absolute atomic E-state index is 0.0122. The fourth-order valence-corrected chi connectivity index (χ4v) is 4.92. The van der Waals surface area contributed by atoms with E-state index < -0.39 is 0 Å². The van der Waals surface area contributed by atoms with Crippen molar-refractivity contribution < 1.29 is 14.3 Å². The van der Waals surface area contributed by atoms with Crippen LogP contribution in [0.4, 0.5) is 0 Å². The SMILES string of the molecule is COc1c2n(ccc1=O)N1[C@H](c3ccccc3)[C@@H](SC(C)=O)C=C[C@H]1N(C)C2=O. The fourth-order valence-electron chi connectivity index (χ4n) is 3.95. The summed E-state index contributed by atoms with van der Waals surface area (Å²) in [5.74, 6) is -0.283. The Morgan fingerprint density at radius 3 is 2.48 bits per heavy atom. The quantitative estimate of drug-likeness (QED) is 0.721. The van der Waals surface area contributed by atoms with Gasteiger partial charge < -0.3 is 9.64 Å². The van der Waals surface area contributed by atoms with Crippen molar-refractivity contribution in [3.63, 3.8) is 0 Å². The molecule has 0 spiro atoms. The van der Waals surface area contributed by atoms with Gasteiger partial charge in [-0.2, -0.15) is 0 Å². The molecule has 0 saturated carbocycles. The van der Waals surface area contributed by atoms with Crippen molar-refractivity contribution >= 4 is 22.8 Å². The first-order valence-electron chi connectivity index (χ1n) is 9.20. The third-order valence-electron chi connectivity index (χ3n) is 5.19. The van der Waals surface area contributed by atoms with E-state index in [1.807, 2.05) is 47.5 Å². The van der Waals surface area contributed by atoms with Crippen molar-refractivity contribution in [2.45, 2.75) is 24.4 Å². The van der Waals surface area contributed by atoms with Gasteiger partial charge in [0.05, 0.1) is 18.4 Å². The van der Waals surface area contributed by atoms with Crippen LogP contribution in [0.3, 0.4) is 0 Å². The van der Waals surface area contributed by atoms with Gasteiger partial charge in [-0.25, -0.2) is 0 Å². The molecule has 1 aromatic carbocycles. The van der Waals surface area contributed by atoms with Gasteiger partial charge in [0.2, 0.25) is 5.43 Å². The molecule has 8 heteroatoms. The summed E-state index contributed by atoms with van der Waals surface area (Å²) < 4.78 is 6.99. The Hall–Kier alpha value is -3.00. The molecule has 1 aromatic heterocycles. The van der Waals surface area contributed by atoms with Crippen LogP contribution in [0.5, 0.6) is 5.75 Å². The van der Waals surface area contributed by atoms with E-state index in [-0.39, 0.29) is 45.4 Å². The molecule has 3 atom stereocenters. The van der Waals surface area contributed by atoms with Gasteiger partial charge >= 0.3 is 0 Å². The number of aromatic nitrogens is 1. The van der Waals surface area contributed by atoms with E-state index in [2.05, 4.69) is 0 Å². The molecule has 2 aromatic rings. The average molecular weight is 411 g/mol. The van der Waals surface area contributed by atoms with Crippen molar-refractivity contribution in [2.24, 2.45) is 0 Å². The van der Waals surface area contributed by atoms with Crippen molar-refractivity contribution in [1.82, 2.24) is 9.58 Å². The predicted octanol–water partition coefficient (Wildman–Crippen LogP) is 2.17. The zero-order valence-corrected chi connectivity index (χ0v) is 17.1. The Labute approximate surface area is 172 Å². The van der Waals surface area contributed by atoms with E-state index in [9.17, 15) is 14.4 Å². The maximum Gasteiger partial charge on any atom is 0.278 e. The number of hydrogen-bond donors (Lipinski definition) is 0. The molecule has 0 saturated heterocycles. The molecule has 2 aliphatic rings. The van der Waals surface area contributed by atoms with Crippen molar-refractivity contribution in [2.75, 3.05) is 19.2 Å². The molecule has 4 rings (SSSR count).